The van der Waals surface area contributed by atoms with Crippen LogP contribution in [0.15, 0.2) is 4.99 Å². The van der Waals surface area contributed by atoms with Crippen LogP contribution in [0.25, 0.3) is 0 Å². The van der Waals surface area contributed by atoms with Gasteiger partial charge in [-0.15, -0.1) is 0 Å². The molecule has 0 aliphatic carbocycles. The number of amides is 1. The number of carbonyl (C=O) groups is 1. The summed E-state index contributed by atoms with van der Waals surface area (Å²) in [5.41, 5.74) is 10.5. The summed E-state index contributed by atoms with van der Waals surface area (Å²) in [5, 5.41) is 2.99. The highest BCUT2D eigenvalue weighted by atomic mass is 16.1. The summed E-state index contributed by atoms with van der Waals surface area (Å²) in [5.74, 6) is 0.266. The number of nitrogens with two attached hydrogens (primary N) is 2. The second-order valence-electron chi connectivity index (χ2n) is 6.65. The highest BCUT2D eigenvalue weighted by molar-refractivity contribution is 5.76. The Morgan fingerprint density at radius 2 is 1.33 bits per heavy atom. The first-order valence-electron chi connectivity index (χ1n) is 9.99. The Balaban J connectivity index is 3.18. The first-order chi connectivity index (χ1) is 11.7. The van der Waals surface area contributed by atoms with Crippen LogP contribution >= 0.6 is 0 Å². The van der Waals surface area contributed by atoms with Crippen molar-refractivity contribution in [3.8, 4) is 0 Å². The molecule has 0 fully saturated rings. The van der Waals surface area contributed by atoms with E-state index >= 15 is 0 Å². The first kappa shape index (κ1) is 22.7. The highest BCUT2D eigenvalue weighted by Gasteiger charge is 2.00. The van der Waals surface area contributed by atoms with Crippen molar-refractivity contribution in [2.24, 2.45) is 16.5 Å². The van der Waals surface area contributed by atoms with Crippen molar-refractivity contribution < 1.29 is 4.79 Å². The standard InChI is InChI=1S/C19H40N4O/c1-2-3-4-5-6-7-8-9-10-11-13-16-22-18(24)15-12-14-17-23-19(20)21/h2-17H2,1H3,(H,22,24)(H4,20,21,23). The Morgan fingerprint density at radius 3 is 1.88 bits per heavy atom. The summed E-state index contributed by atoms with van der Waals surface area (Å²) in [6.45, 7) is 3.68. The number of aliphatic imine (C=N–C) groups is 1. The smallest absolute Gasteiger partial charge is 0.219 e. The second-order valence-corrected chi connectivity index (χ2v) is 6.65. The molecule has 142 valence electrons. The molecule has 0 aromatic heterocycles. The normalized spacial score (nSPS) is 10.5. The number of hydrogen-bond acceptors (Lipinski definition) is 2. The molecule has 5 N–H and O–H groups in total. The quantitative estimate of drug-likeness (QED) is 0.213. The van der Waals surface area contributed by atoms with E-state index in [1.54, 1.807) is 0 Å². The predicted molar refractivity (Wildman–Crippen MR) is 104 cm³/mol. The van der Waals surface area contributed by atoms with Gasteiger partial charge in [0.2, 0.25) is 5.91 Å². The lowest BCUT2D eigenvalue weighted by Crippen LogP contribution is -2.24. The lowest BCUT2D eigenvalue weighted by Gasteiger charge is -2.05. The number of guanidine groups is 1. The van der Waals surface area contributed by atoms with Crippen molar-refractivity contribution >= 4 is 11.9 Å². The number of nitrogens with one attached hydrogen (secondary N) is 1. The van der Waals surface area contributed by atoms with Gasteiger partial charge in [-0.3, -0.25) is 9.79 Å². The Hall–Kier alpha value is -1.26. The molecule has 0 spiro atoms. The minimum absolute atomic E-state index is 0.121. The van der Waals surface area contributed by atoms with Crippen molar-refractivity contribution in [3.63, 3.8) is 0 Å². The molecule has 0 rings (SSSR count). The number of unbranched alkanes of at least 4 members (excludes halogenated alkanes) is 11. The first-order valence-corrected chi connectivity index (χ1v) is 9.99. The molecule has 0 saturated carbocycles. The summed E-state index contributed by atoms with van der Waals surface area (Å²) in [6.07, 6.45) is 16.9. The average molecular weight is 341 g/mol. The van der Waals surface area contributed by atoms with Gasteiger partial charge in [-0.05, 0) is 19.3 Å². The van der Waals surface area contributed by atoms with Gasteiger partial charge in [0.15, 0.2) is 5.96 Å². The van der Waals surface area contributed by atoms with Crippen molar-refractivity contribution in [2.45, 2.75) is 96.8 Å². The topological polar surface area (TPSA) is 93.5 Å². The van der Waals surface area contributed by atoms with Crippen LogP contribution in [0.5, 0.6) is 0 Å². The summed E-state index contributed by atoms with van der Waals surface area (Å²) in [7, 11) is 0. The highest BCUT2D eigenvalue weighted by Crippen LogP contribution is 2.11. The lowest BCUT2D eigenvalue weighted by atomic mass is 10.1. The van der Waals surface area contributed by atoms with Crippen LogP contribution in [0, 0.1) is 0 Å². The summed E-state index contributed by atoms with van der Waals surface area (Å²) in [6, 6.07) is 0. The van der Waals surface area contributed by atoms with Crippen LogP contribution in [-0.4, -0.2) is 25.0 Å². The number of rotatable bonds is 17. The fourth-order valence-corrected chi connectivity index (χ4v) is 2.71. The molecule has 0 aliphatic rings. The molecule has 0 radical (unpaired) electrons. The Morgan fingerprint density at radius 1 is 0.792 bits per heavy atom. The van der Waals surface area contributed by atoms with E-state index in [1.165, 1.54) is 64.2 Å². The maximum atomic E-state index is 11.6. The zero-order chi connectivity index (χ0) is 17.9. The average Bonchev–Trinajstić information content (AvgIpc) is 2.55. The van der Waals surface area contributed by atoms with Gasteiger partial charge in [0.05, 0.1) is 0 Å². The van der Waals surface area contributed by atoms with Crippen molar-refractivity contribution in [1.29, 1.82) is 0 Å². The summed E-state index contributed by atoms with van der Waals surface area (Å²) < 4.78 is 0. The molecule has 0 unspecified atom stereocenters. The van der Waals surface area contributed by atoms with Gasteiger partial charge < -0.3 is 16.8 Å². The molecule has 1 amide bonds. The van der Waals surface area contributed by atoms with Crippen molar-refractivity contribution in [1.82, 2.24) is 5.32 Å². The monoisotopic (exact) mass is 340 g/mol. The molecular weight excluding hydrogens is 300 g/mol. The van der Waals surface area contributed by atoms with Gasteiger partial charge in [0, 0.05) is 19.5 Å². The third-order valence-electron chi connectivity index (χ3n) is 4.21. The lowest BCUT2D eigenvalue weighted by molar-refractivity contribution is -0.121. The third kappa shape index (κ3) is 18.8. The summed E-state index contributed by atoms with van der Waals surface area (Å²) >= 11 is 0. The van der Waals surface area contributed by atoms with Crippen molar-refractivity contribution in [2.75, 3.05) is 13.1 Å². The number of nitrogens with zero attached hydrogens (tertiary/aromatic N) is 1. The van der Waals surface area contributed by atoms with Gasteiger partial charge in [0.1, 0.15) is 0 Å². The number of hydrogen-bond donors (Lipinski definition) is 3. The molecule has 0 aromatic rings. The van der Waals surface area contributed by atoms with E-state index < -0.39 is 0 Å². The Labute approximate surface area is 149 Å². The second kappa shape index (κ2) is 18.1. The van der Waals surface area contributed by atoms with Crippen LogP contribution in [0.4, 0.5) is 0 Å². The van der Waals surface area contributed by atoms with Crippen molar-refractivity contribution in [3.05, 3.63) is 0 Å². The van der Waals surface area contributed by atoms with Gasteiger partial charge >= 0.3 is 0 Å². The molecule has 0 aromatic carbocycles. The van der Waals surface area contributed by atoms with E-state index in [9.17, 15) is 4.79 Å². The zero-order valence-corrected chi connectivity index (χ0v) is 15.8. The van der Waals surface area contributed by atoms with E-state index in [-0.39, 0.29) is 11.9 Å². The molecule has 0 heterocycles. The third-order valence-corrected chi connectivity index (χ3v) is 4.21. The van der Waals surface area contributed by atoms with Crippen LogP contribution in [0.1, 0.15) is 96.8 Å². The molecule has 24 heavy (non-hydrogen) atoms. The van der Waals surface area contributed by atoms with Gasteiger partial charge in [-0.25, -0.2) is 0 Å². The Bertz CT molecular complexity index is 314. The molecule has 0 aliphatic heterocycles. The van der Waals surface area contributed by atoms with Crippen LogP contribution in [-0.2, 0) is 4.79 Å². The largest absolute Gasteiger partial charge is 0.370 e. The minimum atomic E-state index is 0.121. The van der Waals surface area contributed by atoms with E-state index in [4.69, 9.17) is 11.5 Å². The zero-order valence-electron chi connectivity index (χ0n) is 15.8. The van der Waals surface area contributed by atoms with Crippen LogP contribution in [0.2, 0.25) is 0 Å². The molecule has 5 nitrogen and oxygen atoms in total. The van der Waals surface area contributed by atoms with Gasteiger partial charge in [0.25, 0.3) is 0 Å². The minimum Gasteiger partial charge on any atom is -0.370 e. The van der Waals surface area contributed by atoms with Crippen LogP contribution < -0.4 is 16.8 Å². The van der Waals surface area contributed by atoms with Gasteiger partial charge in [-0.1, -0.05) is 71.1 Å². The predicted octanol–water partition coefficient (Wildman–Crippen LogP) is 3.86. The maximum absolute atomic E-state index is 11.6. The molecular formula is C19H40N4O. The fourth-order valence-electron chi connectivity index (χ4n) is 2.71. The molecule has 0 saturated heterocycles. The molecule has 0 atom stereocenters. The Kier molecular flexibility index (Phi) is 17.1. The van der Waals surface area contributed by atoms with E-state index in [1.807, 2.05) is 0 Å². The van der Waals surface area contributed by atoms with E-state index in [2.05, 4.69) is 17.2 Å². The maximum Gasteiger partial charge on any atom is 0.219 e. The fraction of sp³-hybridized carbons (Fsp3) is 0.895. The molecule has 0 bridgehead atoms. The van der Waals surface area contributed by atoms with E-state index in [0.717, 1.165) is 25.8 Å². The van der Waals surface area contributed by atoms with Crippen LogP contribution in [0.3, 0.4) is 0 Å². The van der Waals surface area contributed by atoms with Gasteiger partial charge in [-0.2, -0.15) is 0 Å². The SMILES string of the molecule is CCCCCCCCCCCCCNC(=O)CCCCN=C(N)N. The summed E-state index contributed by atoms with van der Waals surface area (Å²) in [4.78, 5) is 15.5. The number of carbonyl (C=O) groups excluding carboxylic acids is 1. The molecule has 5 heteroatoms. The van der Waals surface area contributed by atoms with E-state index in [0.29, 0.717) is 13.0 Å².